The fourth-order valence-electron chi connectivity index (χ4n) is 2.36. The Balaban J connectivity index is 2.10. The van der Waals surface area contributed by atoms with Gasteiger partial charge in [-0.3, -0.25) is 4.79 Å². The van der Waals surface area contributed by atoms with Crippen LogP contribution < -0.4 is 0 Å². The largest absolute Gasteiger partial charge is 0.506 e. The lowest BCUT2D eigenvalue weighted by molar-refractivity contribution is 0.0296. The number of ether oxygens (including phenoxy) is 1. The number of carboxylic acid groups (broad SMARTS) is 1. The Kier molecular flexibility index (Phi) is 3.22. The van der Waals surface area contributed by atoms with Crippen LogP contribution in [0.4, 0.5) is 4.79 Å². The Morgan fingerprint density at radius 2 is 1.95 bits per heavy atom. The summed E-state index contributed by atoms with van der Waals surface area (Å²) in [5.41, 5.74) is 0.134. The number of hydrogen-bond acceptors (Lipinski definition) is 5. The van der Waals surface area contributed by atoms with E-state index in [0.29, 0.717) is 31.7 Å². The molecule has 0 atom stereocenters. The minimum Gasteiger partial charge on any atom is -0.506 e. The number of nitrogens with zero attached hydrogens (tertiary/aromatic N) is 3. The van der Waals surface area contributed by atoms with Gasteiger partial charge in [0.15, 0.2) is 0 Å². The van der Waals surface area contributed by atoms with Crippen LogP contribution in [-0.4, -0.2) is 63.0 Å². The maximum Gasteiger partial charge on any atom is 0.417 e. The van der Waals surface area contributed by atoms with Crippen molar-refractivity contribution in [3.63, 3.8) is 0 Å². The molecule has 0 aliphatic carbocycles. The van der Waals surface area contributed by atoms with E-state index < -0.39 is 12.0 Å². The Morgan fingerprint density at radius 1 is 1.24 bits per heavy atom. The maximum atomic E-state index is 12.5. The molecule has 0 saturated carbocycles. The van der Waals surface area contributed by atoms with Gasteiger partial charge >= 0.3 is 6.09 Å². The lowest BCUT2D eigenvalue weighted by Crippen LogP contribution is -2.41. The molecule has 1 saturated heterocycles. The van der Waals surface area contributed by atoms with Gasteiger partial charge in [-0.1, -0.05) is 0 Å². The van der Waals surface area contributed by atoms with Crippen LogP contribution in [0.2, 0.25) is 0 Å². The number of morpholine rings is 1. The summed E-state index contributed by atoms with van der Waals surface area (Å²) in [5.74, 6) is -0.478. The van der Waals surface area contributed by atoms with Crippen molar-refractivity contribution >= 4 is 23.0 Å². The van der Waals surface area contributed by atoms with Crippen molar-refractivity contribution in [2.24, 2.45) is 0 Å². The second-order valence-electron chi connectivity index (χ2n) is 4.66. The third-order valence-corrected chi connectivity index (χ3v) is 3.33. The summed E-state index contributed by atoms with van der Waals surface area (Å²) in [5, 5.41) is 19.2. The highest BCUT2D eigenvalue weighted by atomic mass is 16.5. The Bertz CT molecular complexity index is 718. The van der Waals surface area contributed by atoms with Gasteiger partial charge in [0, 0.05) is 18.5 Å². The topological polar surface area (TPSA) is 105 Å². The van der Waals surface area contributed by atoms with E-state index in [1.54, 1.807) is 0 Å². The van der Waals surface area contributed by atoms with Crippen molar-refractivity contribution < 1.29 is 24.5 Å². The molecule has 1 amide bonds. The summed E-state index contributed by atoms with van der Waals surface area (Å²) in [7, 11) is 0. The van der Waals surface area contributed by atoms with Crippen molar-refractivity contribution in [1.82, 2.24) is 14.5 Å². The zero-order valence-electron chi connectivity index (χ0n) is 11.0. The van der Waals surface area contributed by atoms with Gasteiger partial charge in [-0.15, -0.1) is 0 Å². The predicted octanol–water partition coefficient (Wildman–Crippen LogP) is 0.740. The van der Waals surface area contributed by atoms with Crippen molar-refractivity contribution in [3.05, 3.63) is 24.0 Å². The highest BCUT2D eigenvalue weighted by Crippen LogP contribution is 2.23. The molecule has 2 N–H and O–H groups in total. The van der Waals surface area contributed by atoms with Crippen molar-refractivity contribution in [3.8, 4) is 5.75 Å². The van der Waals surface area contributed by atoms with E-state index in [-0.39, 0.29) is 17.1 Å². The van der Waals surface area contributed by atoms with Crippen LogP contribution in [0.5, 0.6) is 5.75 Å². The Labute approximate surface area is 119 Å². The quantitative estimate of drug-likeness (QED) is 0.803. The van der Waals surface area contributed by atoms with Gasteiger partial charge in [0.25, 0.3) is 5.91 Å². The molecule has 0 spiro atoms. The van der Waals surface area contributed by atoms with Gasteiger partial charge in [0.2, 0.25) is 0 Å². The SMILES string of the molecule is O=C(c1cc2cc(O)cnc2n1C(=O)O)N1CCOCC1. The molecule has 0 aromatic carbocycles. The van der Waals surface area contributed by atoms with E-state index in [1.807, 2.05) is 0 Å². The van der Waals surface area contributed by atoms with Crippen molar-refractivity contribution in [2.45, 2.75) is 0 Å². The van der Waals surface area contributed by atoms with E-state index >= 15 is 0 Å². The molecule has 0 bridgehead atoms. The standard InChI is InChI=1S/C13H13N3O5/c17-9-5-8-6-10(12(18)15-1-3-21-4-2-15)16(13(19)20)11(8)14-7-9/h5-7,17H,1-4H2,(H,19,20). The van der Waals surface area contributed by atoms with Gasteiger partial charge in [0.05, 0.1) is 19.4 Å². The average Bonchev–Trinajstić information content (AvgIpc) is 2.85. The minimum absolute atomic E-state index is 0.0116. The molecule has 21 heavy (non-hydrogen) atoms. The molecule has 0 unspecified atom stereocenters. The second-order valence-corrected chi connectivity index (χ2v) is 4.66. The smallest absolute Gasteiger partial charge is 0.417 e. The number of aromatic nitrogens is 2. The Morgan fingerprint density at radius 3 is 2.62 bits per heavy atom. The number of pyridine rings is 1. The molecular weight excluding hydrogens is 278 g/mol. The Hall–Kier alpha value is -2.61. The average molecular weight is 291 g/mol. The van der Waals surface area contributed by atoms with Crippen LogP contribution in [-0.2, 0) is 4.74 Å². The van der Waals surface area contributed by atoms with Gasteiger partial charge in [-0.25, -0.2) is 14.3 Å². The maximum absolute atomic E-state index is 12.5. The molecule has 1 aliphatic heterocycles. The summed E-state index contributed by atoms with van der Waals surface area (Å²) < 4.78 is 6.02. The molecule has 1 aliphatic rings. The molecule has 8 nitrogen and oxygen atoms in total. The van der Waals surface area contributed by atoms with Gasteiger partial charge < -0.3 is 19.8 Å². The first-order valence-corrected chi connectivity index (χ1v) is 6.38. The first kappa shape index (κ1) is 13.4. The first-order valence-electron chi connectivity index (χ1n) is 6.38. The molecule has 2 aromatic heterocycles. The monoisotopic (exact) mass is 291 g/mol. The van der Waals surface area contributed by atoms with Crippen LogP contribution in [0.25, 0.3) is 11.0 Å². The predicted molar refractivity (Wildman–Crippen MR) is 71.5 cm³/mol. The third kappa shape index (κ3) is 2.29. The van der Waals surface area contributed by atoms with E-state index in [1.165, 1.54) is 17.0 Å². The number of carbonyl (C=O) groups excluding carboxylic acids is 1. The lowest BCUT2D eigenvalue weighted by atomic mass is 10.3. The molecule has 2 aromatic rings. The van der Waals surface area contributed by atoms with Gasteiger partial charge in [-0.05, 0) is 12.1 Å². The molecule has 8 heteroatoms. The highest BCUT2D eigenvalue weighted by Gasteiger charge is 2.26. The minimum atomic E-state index is -1.29. The fourth-order valence-corrected chi connectivity index (χ4v) is 2.36. The van der Waals surface area contributed by atoms with Crippen molar-refractivity contribution in [2.75, 3.05) is 26.3 Å². The number of aromatic hydroxyl groups is 1. The number of hydrogen-bond donors (Lipinski definition) is 2. The lowest BCUT2D eigenvalue weighted by Gasteiger charge is -2.26. The second kappa shape index (κ2) is 5.06. The fraction of sp³-hybridized carbons (Fsp3) is 0.308. The third-order valence-electron chi connectivity index (χ3n) is 3.33. The molecule has 3 heterocycles. The van der Waals surface area contributed by atoms with Crippen LogP contribution in [0, 0.1) is 0 Å². The summed E-state index contributed by atoms with van der Waals surface area (Å²) in [6, 6.07) is 2.80. The summed E-state index contributed by atoms with van der Waals surface area (Å²) in [4.78, 5) is 29.3. The van der Waals surface area contributed by atoms with E-state index in [9.17, 15) is 19.8 Å². The van der Waals surface area contributed by atoms with Crippen LogP contribution in [0.15, 0.2) is 18.3 Å². The van der Waals surface area contributed by atoms with Crippen molar-refractivity contribution in [1.29, 1.82) is 0 Å². The zero-order valence-corrected chi connectivity index (χ0v) is 11.0. The van der Waals surface area contributed by atoms with E-state index in [2.05, 4.69) is 4.98 Å². The number of amides is 1. The molecule has 110 valence electrons. The number of carbonyl (C=O) groups is 2. The van der Waals surface area contributed by atoms with Crippen LogP contribution in [0.3, 0.4) is 0 Å². The van der Waals surface area contributed by atoms with Crippen LogP contribution >= 0.6 is 0 Å². The van der Waals surface area contributed by atoms with Gasteiger partial charge in [0.1, 0.15) is 17.1 Å². The molecule has 3 rings (SSSR count). The first-order chi connectivity index (χ1) is 10.1. The summed E-state index contributed by atoms with van der Waals surface area (Å²) >= 11 is 0. The zero-order chi connectivity index (χ0) is 15.0. The van der Waals surface area contributed by atoms with E-state index in [0.717, 1.165) is 10.8 Å². The van der Waals surface area contributed by atoms with Crippen LogP contribution in [0.1, 0.15) is 10.5 Å². The van der Waals surface area contributed by atoms with Gasteiger partial charge in [-0.2, -0.15) is 0 Å². The number of fused-ring (bicyclic) bond motifs is 1. The van der Waals surface area contributed by atoms with E-state index in [4.69, 9.17) is 4.74 Å². The number of rotatable bonds is 1. The normalized spacial score (nSPS) is 15.3. The highest BCUT2D eigenvalue weighted by molar-refractivity contribution is 6.02. The molecule has 1 fully saturated rings. The molecular formula is C13H13N3O5. The summed E-state index contributed by atoms with van der Waals surface area (Å²) in [6.45, 7) is 1.69. The summed E-state index contributed by atoms with van der Waals surface area (Å²) in [6.07, 6.45) is -0.148. The molecule has 0 radical (unpaired) electrons.